The summed E-state index contributed by atoms with van der Waals surface area (Å²) < 4.78 is 6.45. The molecule has 0 aromatic heterocycles. The highest BCUT2D eigenvalue weighted by atomic mass is 28.4. The Bertz CT molecular complexity index is 227. The van der Waals surface area contributed by atoms with Gasteiger partial charge in [0, 0.05) is 12.6 Å². The summed E-state index contributed by atoms with van der Waals surface area (Å²) >= 11 is 0. The fraction of sp³-hybridized carbons (Fsp3) is 1.00. The van der Waals surface area contributed by atoms with Crippen LogP contribution in [0.1, 0.15) is 53.4 Å². The van der Waals surface area contributed by atoms with Crippen LogP contribution < -0.4 is 5.32 Å². The average molecular weight is 257 g/mol. The van der Waals surface area contributed by atoms with E-state index in [2.05, 4.69) is 46.1 Å². The van der Waals surface area contributed by atoms with Crippen molar-refractivity contribution >= 4 is 8.32 Å². The molecular formula is C14H31NOSi. The lowest BCUT2D eigenvalue weighted by Gasteiger charge is -2.41. The number of nitrogens with one attached hydrogen (secondary N) is 1. The molecule has 0 unspecified atom stereocenters. The molecule has 2 atom stereocenters. The molecule has 1 fully saturated rings. The van der Waals surface area contributed by atoms with E-state index in [1.54, 1.807) is 0 Å². The first kappa shape index (κ1) is 15.2. The maximum absolute atomic E-state index is 6.45. The summed E-state index contributed by atoms with van der Waals surface area (Å²) in [6.07, 6.45) is 5.57. The average Bonchev–Trinajstić information content (AvgIpc) is 2.19. The van der Waals surface area contributed by atoms with Crippen LogP contribution in [0.5, 0.6) is 0 Å². The van der Waals surface area contributed by atoms with E-state index in [-0.39, 0.29) is 0 Å². The third-order valence-corrected chi connectivity index (χ3v) is 8.91. The van der Waals surface area contributed by atoms with Crippen molar-refractivity contribution in [1.82, 2.24) is 5.32 Å². The maximum atomic E-state index is 6.45. The van der Waals surface area contributed by atoms with Crippen LogP contribution >= 0.6 is 0 Å². The molecule has 1 N–H and O–H groups in total. The van der Waals surface area contributed by atoms with Crippen molar-refractivity contribution in [2.24, 2.45) is 0 Å². The monoisotopic (exact) mass is 257 g/mol. The quantitative estimate of drug-likeness (QED) is 0.771. The lowest BCUT2D eigenvalue weighted by atomic mass is 9.99. The molecule has 1 heterocycles. The predicted molar refractivity (Wildman–Crippen MR) is 78.0 cm³/mol. The van der Waals surface area contributed by atoms with Crippen LogP contribution in [0.15, 0.2) is 0 Å². The van der Waals surface area contributed by atoms with Gasteiger partial charge < -0.3 is 9.74 Å². The first-order valence-corrected chi connectivity index (χ1v) is 10.1. The minimum Gasteiger partial charge on any atom is -0.413 e. The number of hydrogen-bond donors (Lipinski definition) is 1. The van der Waals surface area contributed by atoms with Gasteiger partial charge in [0.1, 0.15) is 0 Å². The van der Waals surface area contributed by atoms with Gasteiger partial charge in [0.05, 0.1) is 6.10 Å². The largest absolute Gasteiger partial charge is 0.413 e. The Balaban J connectivity index is 2.40. The van der Waals surface area contributed by atoms with Gasteiger partial charge in [-0.1, -0.05) is 34.1 Å². The second kappa shape index (κ2) is 5.85. The summed E-state index contributed by atoms with van der Waals surface area (Å²) in [5, 5.41) is 3.97. The topological polar surface area (TPSA) is 21.3 Å². The van der Waals surface area contributed by atoms with E-state index in [0.717, 1.165) is 12.6 Å². The zero-order valence-electron chi connectivity index (χ0n) is 12.6. The zero-order valence-corrected chi connectivity index (χ0v) is 13.6. The van der Waals surface area contributed by atoms with Gasteiger partial charge in [0.25, 0.3) is 0 Å². The molecule has 17 heavy (non-hydrogen) atoms. The first-order chi connectivity index (χ1) is 7.76. The van der Waals surface area contributed by atoms with Crippen LogP contribution in [0.3, 0.4) is 0 Å². The van der Waals surface area contributed by atoms with Gasteiger partial charge in [0.2, 0.25) is 0 Å². The molecule has 1 aliphatic rings. The van der Waals surface area contributed by atoms with Crippen molar-refractivity contribution in [3.63, 3.8) is 0 Å². The second-order valence-electron chi connectivity index (χ2n) is 6.97. The Labute approximate surface area is 109 Å². The Morgan fingerprint density at radius 3 is 2.29 bits per heavy atom. The normalized spacial score (nSPS) is 27.2. The highest BCUT2D eigenvalue weighted by Gasteiger charge is 2.39. The van der Waals surface area contributed by atoms with Gasteiger partial charge in [0.15, 0.2) is 8.32 Å². The van der Waals surface area contributed by atoms with Crippen LogP contribution in [0.2, 0.25) is 18.1 Å². The molecule has 0 saturated carbocycles. The lowest BCUT2D eigenvalue weighted by Crippen LogP contribution is -2.50. The van der Waals surface area contributed by atoms with E-state index in [9.17, 15) is 0 Å². The van der Waals surface area contributed by atoms with Crippen LogP contribution in [0.4, 0.5) is 0 Å². The molecule has 1 saturated heterocycles. The van der Waals surface area contributed by atoms with Crippen molar-refractivity contribution in [3.05, 3.63) is 0 Å². The number of piperidine rings is 1. The van der Waals surface area contributed by atoms with Gasteiger partial charge in [-0.15, -0.1) is 0 Å². The minimum atomic E-state index is -1.57. The van der Waals surface area contributed by atoms with Crippen molar-refractivity contribution in [2.75, 3.05) is 6.54 Å². The molecule has 0 aliphatic carbocycles. The molecule has 0 amide bonds. The number of hydrogen-bond acceptors (Lipinski definition) is 2. The Morgan fingerprint density at radius 1 is 1.24 bits per heavy atom. The van der Waals surface area contributed by atoms with Crippen molar-refractivity contribution < 1.29 is 4.43 Å². The summed E-state index contributed by atoms with van der Waals surface area (Å²) in [4.78, 5) is 0. The van der Waals surface area contributed by atoms with E-state index in [0.29, 0.717) is 11.1 Å². The molecule has 102 valence electrons. The zero-order chi connectivity index (χ0) is 13.1. The highest BCUT2D eigenvalue weighted by Crippen LogP contribution is 2.38. The van der Waals surface area contributed by atoms with Gasteiger partial charge in [-0.2, -0.15) is 0 Å². The van der Waals surface area contributed by atoms with Crippen molar-refractivity contribution in [3.8, 4) is 0 Å². The van der Waals surface area contributed by atoms with E-state index in [4.69, 9.17) is 4.43 Å². The van der Waals surface area contributed by atoms with Crippen molar-refractivity contribution in [1.29, 1.82) is 0 Å². The van der Waals surface area contributed by atoms with Gasteiger partial charge in [-0.3, -0.25) is 0 Å². The Morgan fingerprint density at radius 2 is 1.88 bits per heavy atom. The van der Waals surface area contributed by atoms with E-state index < -0.39 is 8.32 Å². The lowest BCUT2D eigenvalue weighted by molar-refractivity contribution is 0.131. The molecule has 0 bridgehead atoms. The smallest absolute Gasteiger partial charge is 0.192 e. The summed E-state index contributed by atoms with van der Waals surface area (Å²) in [6, 6.07) is 0.735. The highest BCUT2D eigenvalue weighted by molar-refractivity contribution is 6.74. The minimum absolute atomic E-state index is 0.327. The van der Waals surface area contributed by atoms with E-state index in [1.165, 1.54) is 25.7 Å². The molecule has 0 aromatic carbocycles. The molecule has 0 aromatic rings. The fourth-order valence-corrected chi connectivity index (χ4v) is 3.57. The maximum Gasteiger partial charge on any atom is 0.192 e. The molecule has 1 rings (SSSR count). The van der Waals surface area contributed by atoms with E-state index >= 15 is 0 Å². The van der Waals surface area contributed by atoms with Crippen LogP contribution in [-0.4, -0.2) is 27.0 Å². The standard InChI is InChI=1S/C14H31NOSi/c1-7-8-12-9-10-13(11-15-12)16-17(5,6)14(2,3)4/h12-13,15H,7-11H2,1-6H3/t12-,13+/m0/s1. The van der Waals surface area contributed by atoms with Crippen LogP contribution in [0.25, 0.3) is 0 Å². The van der Waals surface area contributed by atoms with Crippen molar-refractivity contribution in [2.45, 2.75) is 83.7 Å². The third-order valence-electron chi connectivity index (χ3n) is 4.38. The SMILES string of the molecule is CCC[C@H]1CC[C@@H](O[Si](C)(C)C(C)(C)C)CN1. The molecule has 2 nitrogen and oxygen atoms in total. The van der Waals surface area contributed by atoms with Gasteiger partial charge >= 0.3 is 0 Å². The second-order valence-corrected chi connectivity index (χ2v) is 11.7. The van der Waals surface area contributed by atoms with Crippen LogP contribution in [0, 0.1) is 0 Å². The molecule has 3 heteroatoms. The predicted octanol–water partition coefficient (Wildman–Crippen LogP) is 3.93. The summed E-state index contributed by atoms with van der Waals surface area (Å²) in [7, 11) is -1.57. The summed E-state index contributed by atoms with van der Waals surface area (Å²) in [6.45, 7) is 15.0. The van der Waals surface area contributed by atoms with E-state index in [1.807, 2.05) is 0 Å². The molecule has 0 radical (unpaired) electrons. The molecular weight excluding hydrogens is 226 g/mol. The van der Waals surface area contributed by atoms with Gasteiger partial charge in [-0.05, 0) is 37.4 Å². The summed E-state index contributed by atoms with van der Waals surface area (Å²) in [5.74, 6) is 0. The fourth-order valence-electron chi connectivity index (χ4n) is 2.18. The number of rotatable bonds is 4. The van der Waals surface area contributed by atoms with Gasteiger partial charge in [-0.25, -0.2) is 0 Å². The Kier molecular flexibility index (Phi) is 5.23. The third kappa shape index (κ3) is 4.38. The molecule has 1 aliphatic heterocycles. The Hall–Kier alpha value is 0.137. The van der Waals surface area contributed by atoms with Crippen LogP contribution in [-0.2, 0) is 4.43 Å². The molecule has 0 spiro atoms. The summed E-state index contributed by atoms with van der Waals surface area (Å²) in [5.41, 5.74) is 0. The first-order valence-electron chi connectivity index (χ1n) is 7.17.